The minimum absolute atomic E-state index is 0.0303. The van der Waals surface area contributed by atoms with Gasteiger partial charge in [-0.1, -0.05) is 54.4 Å². The summed E-state index contributed by atoms with van der Waals surface area (Å²) in [5.74, 6) is 0.252. The van der Waals surface area contributed by atoms with Crippen LogP contribution < -0.4 is 4.74 Å². The number of methoxy groups -OCH3 is 1. The number of esters is 1. The zero-order valence-corrected chi connectivity index (χ0v) is 20.8. The molecule has 0 aliphatic carbocycles. The number of ether oxygens (including phenoxy) is 3. The van der Waals surface area contributed by atoms with Gasteiger partial charge >= 0.3 is 5.97 Å². The standard InChI is InChI=1S/C28H37NO5/c1-19-16-20(2)26(21(3)17-19)33-24(13-15-32-18-22-10-6-5-7-11-22)27-25(28(30)31-4)23-12-8-9-14-29(23)34-27/h5-7,10-11,16-17,23-25,27H,8-9,12-15,18H2,1-4H3/t23-,24+,25+,27+/m1/s1. The summed E-state index contributed by atoms with van der Waals surface area (Å²) in [5, 5.41) is 1.99. The van der Waals surface area contributed by atoms with E-state index in [-0.39, 0.29) is 24.0 Å². The molecule has 0 saturated carbocycles. The average Bonchev–Trinajstić information content (AvgIpc) is 3.22. The molecule has 6 heteroatoms. The Morgan fingerprint density at radius 3 is 2.56 bits per heavy atom. The lowest BCUT2D eigenvalue weighted by molar-refractivity contribution is -0.192. The molecule has 4 rings (SSSR count). The fourth-order valence-corrected chi connectivity index (χ4v) is 5.35. The number of hydrogen-bond acceptors (Lipinski definition) is 6. The number of rotatable bonds is 9. The van der Waals surface area contributed by atoms with Crippen LogP contribution in [0.1, 0.15) is 47.9 Å². The Hall–Kier alpha value is -2.41. The van der Waals surface area contributed by atoms with Crippen LogP contribution in [0.15, 0.2) is 42.5 Å². The van der Waals surface area contributed by atoms with Gasteiger partial charge in [0, 0.05) is 13.0 Å². The van der Waals surface area contributed by atoms with E-state index in [0.717, 1.165) is 48.2 Å². The smallest absolute Gasteiger partial charge is 0.313 e. The number of nitrogens with zero attached hydrogens (tertiary/aromatic N) is 1. The van der Waals surface area contributed by atoms with Crippen molar-refractivity contribution in [1.29, 1.82) is 0 Å². The number of benzene rings is 2. The first kappa shape index (κ1) is 24.7. The van der Waals surface area contributed by atoms with E-state index in [1.165, 1.54) is 12.7 Å². The van der Waals surface area contributed by atoms with Gasteiger partial charge < -0.3 is 14.2 Å². The van der Waals surface area contributed by atoms with Crippen LogP contribution in [0, 0.1) is 26.7 Å². The van der Waals surface area contributed by atoms with Crippen molar-refractivity contribution in [2.24, 2.45) is 5.92 Å². The van der Waals surface area contributed by atoms with E-state index in [9.17, 15) is 4.79 Å². The molecule has 2 aromatic carbocycles. The van der Waals surface area contributed by atoms with Gasteiger partial charge in [0.05, 0.1) is 26.4 Å². The normalized spacial score (nSPS) is 23.4. The molecule has 0 amide bonds. The zero-order valence-electron chi connectivity index (χ0n) is 20.8. The topological polar surface area (TPSA) is 57.2 Å². The second kappa shape index (κ2) is 11.3. The molecule has 2 heterocycles. The van der Waals surface area contributed by atoms with E-state index in [0.29, 0.717) is 19.6 Å². The molecule has 0 N–H and O–H groups in total. The van der Waals surface area contributed by atoms with Crippen LogP contribution in [0.3, 0.4) is 0 Å². The lowest BCUT2D eigenvalue weighted by Gasteiger charge is -2.29. The third kappa shape index (κ3) is 5.62. The third-order valence-corrected chi connectivity index (χ3v) is 6.90. The molecule has 6 nitrogen and oxygen atoms in total. The summed E-state index contributed by atoms with van der Waals surface area (Å²) in [4.78, 5) is 19.3. The molecule has 2 aliphatic heterocycles. The minimum Gasteiger partial charge on any atom is -0.487 e. The van der Waals surface area contributed by atoms with Gasteiger partial charge in [-0.3, -0.25) is 9.63 Å². The van der Waals surface area contributed by atoms with Crippen molar-refractivity contribution in [1.82, 2.24) is 5.06 Å². The Kier molecular flexibility index (Phi) is 8.24. The highest BCUT2D eigenvalue weighted by Gasteiger charge is 2.52. The molecule has 0 radical (unpaired) electrons. The lowest BCUT2D eigenvalue weighted by atomic mass is 9.86. The molecule has 34 heavy (non-hydrogen) atoms. The van der Waals surface area contributed by atoms with Gasteiger partial charge in [0.1, 0.15) is 23.9 Å². The summed E-state index contributed by atoms with van der Waals surface area (Å²) in [6, 6.07) is 14.4. The second-order valence-electron chi connectivity index (χ2n) is 9.53. The summed E-state index contributed by atoms with van der Waals surface area (Å²) < 4.78 is 17.9. The van der Waals surface area contributed by atoms with Crippen LogP contribution in [-0.4, -0.2) is 49.5 Å². The van der Waals surface area contributed by atoms with E-state index in [2.05, 4.69) is 45.0 Å². The van der Waals surface area contributed by atoms with Gasteiger partial charge in [-0.15, -0.1) is 0 Å². The molecule has 4 atom stereocenters. The van der Waals surface area contributed by atoms with Crippen LogP contribution in [0.25, 0.3) is 0 Å². The van der Waals surface area contributed by atoms with E-state index in [4.69, 9.17) is 19.0 Å². The van der Waals surface area contributed by atoms with Crippen molar-refractivity contribution >= 4 is 5.97 Å². The van der Waals surface area contributed by atoms with E-state index >= 15 is 0 Å². The Balaban J connectivity index is 1.55. The summed E-state index contributed by atoms with van der Waals surface area (Å²) >= 11 is 0. The maximum absolute atomic E-state index is 12.9. The van der Waals surface area contributed by atoms with E-state index in [1.807, 2.05) is 23.3 Å². The Labute approximate surface area is 203 Å². The summed E-state index contributed by atoms with van der Waals surface area (Å²) in [7, 11) is 1.46. The van der Waals surface area contributed by atoms with Crippen molar-refractivity contribution in [3.8, 4) is 5.75 Å². The monoisotopic (exact) mass is 467 g/mol. The maximum atomic E-state index is 12.9. The number of fused-ring (bicyclic) bond motifs is 1. The number of piperidine rings is 1. The Morgan fingerprint density at radius 1 is 1.12 bits per heavy atom. The fourth-order valence-electron chi connectivity index (χ4n) is 5.35. The molecular formula is C28H37NO5. The number of aryl methyl sites for hydroxylation is 3. The molecule has 2 aliphatic rings. The molecule has 2 fully saturated rings. The number of carbonyl (C=O) groups excluding carboxylic acids is 1. The van der Waals surface area contributed by atoms with Crippen LogP contribution >= 0.6 is 0 Å². The highest BCUT2D eigenvalue weighted by molar-refractivity contribution is 5.74. The zero-order chi connectivity index (χ0) is 24.1. The first-order valence-corrected chi connectivity index (χ1v) is 12.4. The highest BCUT2D eigenvalue weighted by Crippen LogP contribution is 2.39. The molecule has 0 bridgehead atoms. The van der Waals surface area contributed by atoms with Gasteiger partial charge in [0.15, 0.2) is 0 Å². The lowest BCUT2D eigenvalue weighted by Crippen LogP contribution is -2.44. The molecule has 0 aromatic heterocycles. The fraction of sp³-hybridized carbons (Fsp3) is 0.536. The van der Waals surface area contributed by atoms with Crippen molar-refractivity contribution < 1.29 is 23.8 Å². The summed E-state index contributed by atoms with van der Waals surface area (Å²) in [6.45, 7) is 8.08. The largest absolute Gasteiger partial charge is 0.487 e. The van der Waals surface area contributed by atoms with E-state index in [1.54, 1.807) is 0 Å². The van der Waals surface area contributed by atoms with Crippen molar-refractivity contribution in [3.05, 3.63) is 64.7 Å². The van der Waals surface area contributed by atoms with Crippen LogP contribution in [0.2, 0.25) is 0 Å². The molecule has 184 valence electrons. The van der Waals surface area contributed by atoms with Crippen molar-refractivity contribution in [3.63, 3.8) is 0 Å². The highest BCUT2D eigenvalue weighted by atomic mass is 16.7. The van der Waals surface area contributed by atoms with Gasteiger partial charge in [-0.2, -0.15) is 5.06 Å². The summed E-state index contributed by atoms with van der Waals surface area (Å²) in [6.07, 6.45) is 2.93. The SMILES string of the molecule is COC(=O)[C@@H]1[C@H]([C@H](CCOCc2ccccc2)Oc2c(C)cc(C)cc2C)ON2CCCC[C@H]12. The molecular weight excluding hydrogens is 430 g/mol. The Morgan fingerprint density at radius 2 is 1.85 bits per heavy atom. The van der Waals surface area contributed by atoms with Crippen LogP contribution in [-0.2, 0) is 25.7 Å². The molecule has 0 spiro atoms. The number of hydroxylamine groups is 2. The predicted octanol–water partition coefficient (Wildman–Crippen LogP) is 4.92. The second-order valence-corrected chi connectivity index (χ2v) is 9.53. The van der Waals surface area contributed by atoms with Crippen molar-refractivity contribution in [2.45, 2.75) is 71.3 Å². The predicted molar refractivity (Wildman–Crippen MR) is 131 cm³/mol. The Bertz CT molecular complexity index is 940. The van der Waals surface area contributed by atoms with Gasteiger partial charge in [-0.05, 0) is 50.3 Å². The molecule has 0 unspecified atom stereocenters. The van der Waals surface area contributed by atoms with Gasteiger partial charge in [0.25, 0.3) is 0 Å². The van der Waals surface area contributed by atoms with E-state index < -0.39 is 6.10 Å². The van der Waals surface area contributed by atoms with Gasteiger partial charge in [-0.25, -0.2) is 0 Å². The molecule has 2 saturated heterocycles. The first-order chi connectivity index (χ1) is 16.5. The minimum atomic E-state index is -0.420. The maximum Gasteiger partial charge on any atom is 0.313 e. The third-order valence-electron chi connectivity index (χ3n) is 6.90. The quantitative estimate of drug-likeness (QED) is 0.385. The number of hydrogen-bond donors (Lipinski definition) is 0. The van der Waals surface area contributed by atoms with Crippen LogP contribution in [0.5, 0.6) is 5.75 Å². The first-order valence-electron chi connectivity index (χ1n) is 12.4. The molecule has 2 aromatic rings. The van der Waals surface area contributed by atoms with Crippen LogP contribution in [0.4, 0.5) is 0 Å². The van der Waals surface area contributed by atoms with Gasteiger partial charge in [0.2, 0.25) is 0 Å². The van der Waals surface area contributed by atoms with Crippen molar-refractivity contribution in [2.75, 3.05) is 20.3 Å². The average molecular weight is 468 g/mol. The summed E-state index contributed by atoms with van der Waals surface area (Å²) in [5.41, 5.74) is 4.50. The number of carbonyl (C=O) groups is 1.